The number of oxazole rings is 1. The summed E-state index contributed by atoms with van der Waals surface area (Å²) in [5.41, 5.74) is 0.560. The fourth-order valence-corrected chi connectivity index (χ4v) is 6.65. The van der Waals surface area contributed by atoms with E-state index in [1.165, 1.54) is 13.1 Å². The van der Waals surface area contributed by atoms with Gasteiger partial charge >= 0.3 is 0 Å². The van der Waals surface area contributed by atoms with Crippen molar-refractivity contribution < 1.29 is 26.4 Å². The zero-order valence-corrected chi connectivity index (χ0v) is 19.5. The number of halogens is 2. The van der Waals surface area contributed by atoms with Gasteiger partial charge in [0, 0.05) is 18.2 Å². The van der Waals surface area contributed by atoms with Gasteiger partial charge in [0.25, 0.3) is 5.91 Å². The Hall–Kier alpha value is -3.11. The second-order valence-corrected chi connectivity index (χ2v) is 10.8. The van der Waals surface area contributed by atoms with Gasteiger partial charge in [0.05, 0.1) is 22.7 Å². The van der Waals surface area contributed by atoms with Crippen LogP contribution in [0.4, 0.5) is 8.78 Å². The first-order valence-electron chi connectivity index (χ1n) is 10.9. The summed E-state index contributed by atoms with van der Waals surface area (Å²) in [5, 5.41) is 4.02. The third-order valence-corrected chi connectivity index (χ3v) is 8.88. The van der Waals surface area contributed by atoms with Gasteiger partial charge in [-0.05, 0) is 43.5 Å². The van der Waals surface area contributed by atoms with E-state index < -0.39 is 50.0 Å². The summed E-state index contributed by atoms with van der Waals surface area (Å²) in [6, 6.07) is 9.56. The molecule has 2 aromatic carbocycles. The van der Waals surface area contributed by atoms with Gasteiger partial charge in [0.15, 0.2) is 16.2 Å². The average Bonchev–Trinajstić information content (AvgIpc) is 3.34. The molecule has 2 heterocycles. The van der Waals surface area contributed by atoms with Gasteiger partial charge in [-0.15, -0.1) is 0 Å². The van der Waals surface area contributed by atoms with Crippen molar-refractivity contribution in [2.45, 2.75) is 42.9 Å². The van der Waals surface area contributed by atoms with Gasteiger partial charge in [0.2, 0.25) is 5.76 Å². The predicted molar refractivity (Wildman–Crippen MR) is 122 cm³/mol. The Morgan fingerprint density at radius 1 is 1.24 bits per heavy atom. The summed E-state index contributed by atoms with van der Waals surface area (Å²) in [7, 11) is -3.69. The molecule has 2 N–H and O–H groups in total. The lowest BCUT2D eigenvalue weighted by atomic mass is 9.99. The van der Waals surface area contributed by atoms with Gasteiger partial charge in [-0.25, -0.2) is 22.2 Å². The van der Waals surface area contributed by atoms with E-state index in [1.807, 2.05) is 0 Å². The van der Waals surface area contributed by atoms with E-state index in [4.69, 9.17) is 4.42 Å². The molecule has 34 heavy (non-hydrogen) atoms. The van der Waals surface area contributed by atoms with Crippen LogP contribution in [0.1, 0.15) is 52.4 Å². The molecule has 1 saturated heterocycles. The van der Waals surface area contributed by atoms with Crippen molar-refractivity contribution in [3.8, 4) is 0 Å². The van der Waals surface area contributed by atoms with Crippen molar-refractivity contribution in [2.24, 2.45) is 0 Å². The van der Waals surface area contributed by atoms with Crippen LogP contribution in [0.15, 0.2) is 59.5 Å². The van der Waals surface area contributed by atoms with E-state index in [0.29, 0.717) is 5.56 Å². The van der Waals surface area contributed by atoms with E-state index in [0.717, 1.165) is 18.5 Å². The highest BCUT2D eigenvalue weighted by Crippen LogP contribution is 2.33. The molecule has 7 nitrogen and oxygen atoms in total. The molecule has 0 aliphatic carbocycles. The minimum atomic E-state index is -3.69. The SMILES string of the molecule is CC(NC(=O)c1cnco1)c1cc(F)c(CC2[C@H](C)NC[C@@H](c3ccccc3)S2(=O)=O)cc1F. The van der Waals surface area contributed by atoms with Gasteiger partial charge in [-0.2, -0.15) is 0 Å². The first-order valence-corrected chi connectivity index (χ1v) is 12.5. The van der Waals surface area contributed by atoms with Crippen molar-refractivity contribution in [3.05, 3.63) is 89.1 Å². The van der Waals surface area contributed by atoms with Crippen LogP contribution >= 0.6 is 0 Å². The minimum absolute atomic E-state index is 0.0362. The number of hydrogen-bond donors (Lipinski definition) is 2. The Morgan fingerprint density at radius 2 is 1.97 bits per heavy atom. The normalized spacial score (nSPS) is 22.8. The van der Waals surface area contributed by atoms with Crippen LogP contribution in [0.2, 0.25) is 0 Å². The van der Waals surface area contributed by atoms with Crippen molar-refractivity contribution in [1.29, 1.82) is 0 Å². The second-order valence-electron chi connectivity index (χ2n) is 8.45. The third-order valence-electron chi connectivity index (χ3n) is 6.23. The molecular weight excluding hydrogens is 464 g/mol. The number of aromatic nitrogens is 1. The van der Waals surface area contributed by atoms with Gasteiger partial charge in [-0.3, -0.25) is 4.79 Å². The summed E-state index contributed by atoms with van der Waals surface area (Å²) < 4.78 is 61.7. The van der Waals surface area contributed by atoms with Gasteiger partial charge in [0.1, 0.15) is 11.6 Å². The molecule has 1 fully saturated rings. The molecule has 0 saturated carbocycles. The van der Waals surface area contributed by atoms with Gasteiger partial charge in [-0.1, -0.05) is 30.3 Å². The number of benzene rings is 2. The minimum Gasteiger partial charge on any atom is -0.438 e. The first kappa shape index (κ1) is 24.0. The van der Waals surface area contributed by atoms with Crippen LogP contribution in [0.3, 0.4) is 0 Å². The maximum atomic E-state index is 15.0. The van der Waals surface area contributed by atoms with Crippen molar-refractivity contribution in [1.82, 2.24) is 15.6 Å². The zero-order chi connectivity index (χ0) is 24.5. The quantitative estimate of drug-likeness (QED) is 0.550. The molecular formula is C24H25F2N3O4S. The number of hydrogen-bond acceptors (Lipinski definition) is 6. The van der Waals surface area contributed by atoms with Crippen LogP contribution in [-0.4, -0.2) is 37.1 Å². The molecule has 4 atom stereocenters. The largest absolute Gasteiger partial charge is 0.438 e. The fraction of sp³-hybridized carbons (Fsp3) is 0.333. The smallest absolute Gasteiger partial charge is 0.289 e. The fourth-order valence-electron chi connectivity index (χ4n) is 4.29. The Morgan fingerprint density at radius 3 is 2.65 bits per heavy atom. The number of rotatable bonds is 6. The van der Waals surface area contributed by atoms with Crippen molar-refractivity contribution in [3.63, 3.8) is 0 Å². The number of amides is 1. The zero-order valence-electron chi connectivity index (χ0n) is 18.7. The van der Waals surface area contributed by atoms with Gasteiger partial charge < -0.3 is 15.1 Å². The molecule has 10 heteroatoms. The molecule has 1 aliphatic rings. The summed E-state index contributed by atoms with van der Waals surface area (Å²) in [5.74, 6) is -2.15. The Balaban J connectivity index is 1.56. The number of sulfone groups is 1. The summed E-state index contributed by atoms with van der Waals surface area (Å²) in [4.78, 5) is 15.8. The topological polar surface area (TPSA) is 101 Å². The molecule has 2 unspecified atom stereocenters. The van der Waals surface area contributed by atoms with E-state index in [-0.39, 0.29) is 29.9 Å². The van der Waals surface area contributed by atoms with Crippen LogP contribution in [0, 0.1) is 11.6 Å². The summed E-state index contributed by atoms with van der Waals surface area (Å²) >= 11 is 0. The molecule has 4 rings (SSSR count). The molecule has 3 aromatic rings. The van der Waals surface area contributed by atoms with Crippen molar-refractivity contribution >= 4 is 15.7 Å². The lowest BCUT2D eigenvalue weighted by molar-refractivity contribution is 0.0911. The predicted octanol–water partition coefficient (Wildman–Crippen LogP) is 3.50. The monoisotopic (exact) mass is 489 g/mol. The summed E-state index contributed by atoms with van der Waals surface area (Å²) in [6.45, 7) is 3.49. The average molecular weight is 490 g/mol. The molecule has 180 valence electrons. The van der Waals surface area contributed by atoms with Crippen molar-refractivity contribution in [2.75, 3.05) is 6.54 Å². The Kier molecular flexibility index (Phi) is 6.81. The van der Waals surface area contributed by atoms with Crippen LogP contribution < -0.4 is 10.6 Å². The molecule has 0 bridgehead atoms. The molecule has 0 radical (unpaired) electrons. The third kappa shape index (κ3) is 4.74. The number of carbonyl (C=O) groups excluding carboxylic acids is 1. The lowest BCUT2D eigenvalue weighted by Crippen LogP contribution is -2.53. The summed E-state index contributed by atoms with van der Waals surface area (Å²) in [6.07, 6.45) is 2.12. The van der Waals surface area contributed by atoms with E-state index in [2.05, 4.69) is 15.6 Å². The van der Waals surface area contributed by atoms with Crippen LogP contribution in [0.25, 0.3) is 0 Å². The van der Waals surface area contributed by atoms with E-state index in [9.17, 15) is 17.6 Å². The van der Waals surface area contributed by atoms with Crippen LogP contribution in [-0.2, 0) is 16.3 Å². The number of nitrogens with zero attached hydrogens (tertiary/aromatic N) is 1. The van der Waals surface area contributed by atoms with E-state index in [1.54, 1.807) is 37.3 Å². The van der Waals surface area contributed by atoms with E-state index >= 15 is 4.39 Å². The molecule has 0 spiro atoms. The highest BCUT2D eigenvalue weighted by Gasteiger charge is 2.42. The Bertz CT molecular complexity index is 1270. The molecule has 1 amide bonds. The van der Waals surface area contributed by atoms with Crippen LogP contribution in [0.5, 0.6) is 0 Å². The number of carbonyl (C=O) groups is 1. The maximum Gasteiger partial charge on any atom is 0.289 e. The first-order chi connectivity index (χ1) is 16.2. The lowest BCUT2D eigenvalue weighted by Gasteiger charge is -2.35. The second kappa shape index (κ2) is 9.63. The highest BCUT2D eigenvalue weighted by atomic mass is 32.2. The molecule has 1 aromatic heterocycles. The highest BCUT2D eigenvalue weighted by molar-refractivity contribution is 7.92. The Labute approximate surface area is 196 Å². The molecule has 1 aliphatic heterocycles. The number of nitrogens with one attached hydrogen (secondary N) is 2. The standard InChI is InChI=1S/C24H25F2N3O4S/c1-14(29-24(30)21-11-27-13-33-21)18-10-19(25)17(8-20(18)26)9-22-15(2)28-12-23(34(22,31)32)16-6-4-3-5-7-16/h3-8,10-11,13-15,22-23,28H,9,12H2,1-2H3,(H,29,30)/t14?,15-,22?,23-/m0/s1. The maximum absolute atomic E-state index is 15.0.